The molecule has 47 heavy (non-hydrogen) atoms. The van der Waals surface area contributed by atoms with Crippen molar-refractivity contribution in [2.75, 3.05) is 4.90 Å². The van der Waals surface area contributed by atoms with E-state index in [1.807, 2.05) is 11.3 Å². The molecule has 1 aliphatic rings. The van der Waals surface area contributed by atoms with Crippen molar-refractivity contribution in [2.24, 2.45) is 0 Å². The third-order valence-electron chi connectivity index (χ3n) is 10.4. The lowest BCUT2D eigenvalue weighted by Crippen LogP contribution is -2.49. The van der Waals surface area contributed by atoms with Crippen LogP contribution >= 0.6 is 11.3 Å². The Morgan fingerprint density at radius 2 is 1.09 bits per heavy atom. The predicted octanol–water partition coefficient (Wildman–Crippen LogP) is 11.8. The zero-order chi connectivity index (χ0) is 31.3. The Morgan fingerprint density at radius 3 is 1.94 bits per heavy atom. The molecule has 0 spiro atoms. The standard InChI is InChI=1S/C44H31NSSi/c1-47(2)41-25-24-38-37-14-8-9-15-40(37)46-44(38)43(41)39-23-19-32(27-42(39)47)45(30-11-4-3-5-12-30)31-18-22-34-29(26-31)17-21-35-33-13-7-6-10-28(33)16-20-36(34)35/h3-27H,1-2H3. The summed E-state index contributed by atoms with van der Waals surface area (Å²) in [6.45, 7) is 5.05. The van der Waals surface area contributed by atoms with Gasteiger partial charge in [0.25, 0.3) is 0 Å². The fraction of sp³-hybridized carbons (Fsp3) is 0.0455. The van der Waals surface area contributed by atoms with Gasteiger partial charge in [-0.05, 0) is 96.3 Å². The average molecular weight is 634 g/mol. The molecule has 1 aromatic heterocycles. The van der Waals surface area contributed by atoms with Gasteiger partial charge in [-0.25, -0.2) is 0 Å². The molecule has 10 rings (SSSR count). The molecule has 0 bridgehead atoms. The molecule has 9 aromatic rings. The molecule has 0 unspecified atom stereocenters. The first-order chi connectivity index (χ1) is 23.1. The highest BCUT2D eigenvalue weighted by Crippen LogP contribution is 2.44. The first kappa shape index (κ1) is 26.9. The molecule has 1 aliphatic heterocycles. The second-order valence-electron chi connectivity index (χ2n) is 13.3. The van der Waals surface area contributed by atoms with E-state index >= 15 is 0 Å². The van der Waals surface area contributed by atoms with E-state index in [0.717, 1.165) is 0 Å². The summed E-state index contributed by atoms with van der Waals surface area (Å²) < 4.78 is 2.80. The van der Waals surface area contributed by atoms with E-state index in [0.29, 0.717) is 0 Å². The summed E-state index contributed by atoms with van der Waals surface area (Å²) >= 11 is 1.95. The van der Waals surface area contributed by atoms with Crippen molar-refractivity contribution >= 4 is 99.3 Å². The molecule has 0 fully saturated rings. The van der Waals surface area contributed by atoms with Crippen molar-refractivity contribution in [1.29, 1.82) is 0 Å². The minimum Gasteiger partial charge on any atom is -0.310 e. The average Bonchev–Trinajstić information content (AvgIpc) is 3.60. The summed E-state index contributed by atoms with van der Waals surface area (Å²) in [4.78, 5) is 2.44. The Kier molecular flexibility index (Phi) is 5.67. The van der Waals surface area contributed by atoms with E-state index in [-0.39, 0.29) is 0 Å². The number of nitrogens with zero attached hydrogens (tertiary/aromatic N) is 1. The molecule has 1 nitrogen and oxygen atoms in total. The first-order valence-electron chi connectivity index (χ1n) is 16.4. The Labute approximate surface area is 279 Å². The van der Waals surface area contributed by atoms with Crippen molar-refractivity contribution in [1.82, 2.24) is 0 Å². The molecule has 8 aromatic carbocycles. The number of para-hydroxylation sites is 1. The van der Waals surface area contributed by atoms with Crippen LogP contribution < -0.4 is 15.3 Å². The number of benzene rings is 8. The molecule has 222 valence electrons. The maximum Gasteiger partial charge on any atom is 0.114 e. The van der Waals surface area contributed by atoms with Crippen LogP contribution in [0.1, 0.15) is 0 Å². The zero-order valence-electron chi connectivity index (χ0n) is 26.3. The van der Waals surface area contributed by atoms with Crippen molar-refractivity contribution < 1.29 is 0 Å². The maximum absolute atomic E-state index is 2.53. The van der Waals surface area contributed by atoms with Gasteiger partial charge in [-0.2, -0.15) is 0 Å². The summed E-state index contributed by atoms with van der Waals surface area (Å²) in [7, 11) is -1.94. The van der Waals surface area contributed by atoms with Gasteiger partial charge < -0.3 is 4.90 Å². The normalized spacial score (nSPS) is 13.5. The summed E-state index contributed by atoms with van der Waals surface area (Å²) in [5.74, 6) is 0. The van der Waals surface area contributed by atoms with Gasteiger partial charge in [0, 0.05) is 37.2 Å². The van der Waals surface area contributed by atoms with Gasteiger partial charge in [0.15, 0.2) is 0 Å². The lowest BCUT2D eigenvalue weighted by Gasteiger charge is -2.28. The Balaban J connectivity index is 1.16. The summed E-state index contributed by atoms with van der Waals surface area (Å²) in [6, 6.07) is 56.6. The predicted molar refractivity (Wildman–Crippen MR) is 209 cm³/mol. The van der Waals surface area contributed by atoms with Gasteiger partial charge in [-0.3, -0.25) is 0 Å². The lowest BCUT2D eigenvalue weighted by atomic mass is 9.96. The van der Waals surface area contributed by atoms with E-state index < -0.39 is 8.07 Å². The van der Waals surface area contributed by atoms with Gasteiger partial charge in [0.2, 0.25) is 0 Å². The minimum atomic E-state index is -1.94. The highest BCUT2D eigenvalue weighted by molar-refractivity contribution is 7.26. The molecule has 0 saturated carbocycles. The quantitative estimate of drug-likeness (QED) is 0.138. The fourth-order valence-corrected chi connectivity index (χ4v) is 12.5. The maximum atomic E-state index is 2.53. The number of thiophene rings is 1. The highest BCUT2D eigenvalue weighted by Gasteiger charge is 2.39. The minimum absolute atomic E-state index is 1.17. The molecular weight excluding hydrogens is 603 g/mol. The van der Waals surface area contributed by atoms with Crippen LogP contribution in [0.15, 0.2) is 152 Å². The van der Waals surface area contributed by atoms with E-state index in [4.69, 9.17) is 0 Å². The zero-order valence-corrected chi connectivity index (χ0v) is 28.1. The number of hydrogen-bond acceptors (Lipinski definition) is 2. The largest absolute Gasteiger partial charge is 0.310 e. The smallest absolute Gasteiger partial charge is 0.114 e. The van der Waals surface area contributed by atoms with Gasteiger partial charge in [0.05, 0.1) is 0 Å². The van der Waals surface area contributed by atoms with Crippen LogP contribution in [0.4, 0.5) is 17.1 Å². The summed E-state index contributed by atoms with van der Waals surface area (Å²) in [5, 5.41) is 13.6. The molecule has 0 radical (unpaired) electrons. The van der Waals surface area contributed by atoms with Crippen molar-refractivity contribution in [3.63, 3.8) is 0 Å². The summed E-state index contributed by atoms with van der Waals surface area (Å²) in [6.07, 6.45) is 0. The fourth-order valence-electron chi connectivity index (χ4n) is 8.11. The van der Waals surface area contributed by atoms with Crippen molar-refractivity contribution in [3.05, 3.63) is 152 Å². The van der Waals surface area contributed by atoms with Crippen LogP contribution in [0.5, 0.6) is 0 Å². The van der Waals surface area contributed by atoms with Crippen molar-refractivity contribution in [3.8, 4) is 11.1 Å². The van der Waals surface area contributed by atoms with Crippen LogP contribution in [0.3, 0.4) is 0 Å². The Morgan fingerprint density at radius 1 is 0.447 bits per heavy atom. The topological polar surface area (TPSA) is 3.24 Å². The Hall–Kier alpha value is -5.22. The van der Waals surface area contributed by atoms with E-state index in [2.05, 4.69) is 170 Å². The van der Waals surface area contributed by atoms with Gasteiger partial charge >= 0.3 is 0 Å². The lowest BCUT2D eigenvalue weighted by molar-refractivity contribution is 1.29. The second-order valence-corrected chi connectivity index (χ2v) is 18.7. The molecule has 3 heteroatoms. The monoisotopic (exact) mass is 633 g/mol. The van der Waals surface area contributed by atoms with E-state index in [1.165, 1.54) is 85.9 Å². The van der Waals surface area contributed by atoms with E-state index in [1.54, 1.807) is 5.19 Å². The van der Waals surface area contributed by atoms with Gasteiger partial charge in [-0.15, -0.1) is 11.3 Å². The van der Waals surface area contributed by atoms with Crippen LogP contribution in [0, 0.1) is 0 Å². The molecule has 0 N–H and O–H groups in total. The molecular formula is C44H31NSSi. The highest BCUT2D eigenvalue weighted by atomic mass is 32.1. The van der Waals surface area contributed by atoms with E-state index in [9.17, 15) is 0 Å². The van der Waals surface area contributed by atoms with Crippen molar-refractivity contribution in [2.45, 2.75) is 13.1 Å². The number of rotatable bonds is 3. The summed E-state index contributed by atoms with van der Waals surface area (Å²) in [5.41, 5.74) is 6.44. The first-order valence-corrected chi connectivity index (χ1v) is 20.2. The van der Waals surface area contributed by atoms with Gasteiger partial charge in [0.1, 0.15) is 8.07 Å². The molecule has 2 heterocycles. The number of fused-ring (bicyclic) bond motifs is 12. The molecule has 0 amide bonds. The van der Waals surface area contributed by atoms with Crippen LogP contribution in [0.25, 0.3) is 63.6 Å². The number of hydrogen-bond donors (Lipinski definition) is 0. The van der Waals surface area contributed by atoms with Crippen LogP contribution in [0.2, 0.25) is 13.1 Å². The molecule has 0 aliphatic carbocycles. The third-order valence-corrected chi connectivity index (χ3v) is 15.2. The van der Waals surface area contributed by atoms with Crippen LogP contribution in [-0.4, -0.2) is 8.07 Å². The number of anilines is 3. The van der Waals surface area contributed by atoms with Crippen LogP contribution in [-0.2, 0) is 0 Å². The van der Waals surface area contributed by atoms with Gasteiger partial charge in [-0.1, -0.05) is 122 Å². The third kappa shape index (κ3) is 3.88. The molecule has 0 atom stereocenters. The second kappa shape index (κ2) is 9.89. The molecule has 0 saturated heterocycles. The Bertz CT molecular complexity index is 2720. The SMILES string of the molecule is C[Si]1(C)c2cc(N(c3ccccc3)c3ccc4c(ccc5c6ccccc6ccc45)c3)ccc2-c2c1ccc1c2sc2ccccc21.